The van der Waals surface area contributed by atoms with E-state index in [1.807, 2.05) is 0 Å². The summed E-state index contributed by atoms with van der Waals surface area (Å²) < 4.78 is 4.97. The molecule has 1 aromatic heterocycles. The van der Waals surface area contributed by atoms with Crippen molar-refractivity contribution >= 4 is 23.4 Å². The van der Waals surface area contributed by atoms with Gasteiger partial charge in [-0.05, 0) is 30.7 Å². The molecule has 0 saturated heterocycles. The van der Waals surface area contributed by atoms with Crippen molar-refractivity contribution < 1.29 is 18.8 Å². The molecular formula is C17H19N3O4. The maximum absolute atomic E-state index is 12.0. The van der Waals surface area contributed by atoms with Crippen molar-refractivity contribution in [2.45, 2.75) is 12.8 Å². The van der Waals surface area contributed by atoms with Gasteiger partial charge in [-0.1, -0.05) is 12.1 Å². The highest BCUT2D eigenvalue weighted by Crippen LogP contribution is 2.15. The summed E-state index contributed by atoms with van der Waals surface area (Å²) in [6, 6.07) is 9.97. The lowest BCUT2D eigenvalue weighted by atomic mass is 10.1. The van der Waals surface area contributed by atoms with Gasteiger partial charge in [-0.15, -0.1) is 0 Å². The van der Waals surface area contributed by atoms with Gasteiger partial charge in [0.1, 0.15) is 0 Å². The predicted octanol–water partition coefficient (Wildman–Crippen LogP) is 1.79. The maximum atomic E-state index is 12.0. The molecule has 0 aliphatic heterocycles. The molecule has 0 radical (unpaired) electrons. The van der Waals surface area contributed by atoms with Crippen molar-refractivity contribution in [1.29, 1.82) is 0 Å². The molecule has 0 fully saturated rings. The van der Waals surface area contributed by atoms with Gasteiger partial charge in [0.05, 0.1) is 17.5 Å². The molecule has 3 amide bonds. The van der Waals surface area contributed by atoms with E-state index in [2.05, 4.69) is 16.0 Å². The monoisotopic (exact) mass is 329 g/mol. The second-order valence-corrected chi connectivity index (χ2v) is 5.01. The van der Waals surface area contributed by atoms with Crippen LogP contribution in [0.1, 0.15) is 33.8 Å². The van der Waals surface area contributed by atoms with Gasteiger partial charge in [-0.3, -0.25) is 14.4 Å². The van der Waals surface area contributed by atoms with E-state index in [0.29, 0.717) is 24.2 Å². The quantitative estimate of drug-likeness (QED) is 0.674. The van der Waals surface area contributed by atoms with E-state index in [1.54, 1.807) is 36.4 Å². The van der Waals surface area contributed by atoms with Gasteiger partial charge >= 0.3 is 0 Å². The molecule has 7 heteroatoms. The first-order valence-corrected chi connectivity index (χ1v) is 7.54. The number of furan rings is 1. The molecule has 24 heavy (non-hydrogen) atoms. The smallest absolute Gasteiger partial charge is 0.286 e. The second-order valence-electron chi connectivity index (χ2n) is 5.01. The van der Waals surface area contributed by atoms with E-state index in [-0.39, 0.29) is 29.9 Å². The summed E-state index contributed by atoms with van der Waals surface area (Å²) in [6.45, 7) is 0.351. The van der Waals surface area contributed by atoms with E-state index >= 15 is 0 Å². The van der Waals surface area contributed by atoms with Crippen LogP contribution in [0.25, 0.3) is 0 Å². The number of benzene rings is 1. The number of hydrogen-bond donors (Lipinski definition) is 3. The number of carbonyl (C=O) groups is 3. The van der Waals surface area contributed by atoms with Gasteiger partial charge in [-0.25, -0.2) is 0 Å². The topological polar surface area (TPSA) is 100 Å². The molecule has 2 rings (SSSR count). The number of hydrogen-bond acceptors (Lipinski definition) is 4. The van der Waals surface area contributed by atoms with Gasteiger partial charge in [0.15, 0.2) is 5.76 Å². The van der Waals surface area contributed by atoms with E-state index in [0.717, 1.165) is 0 Å². The van der Waals surface area contributed by atoms with Crippen LogP contribution in [-0.2, 0) is 4.79 Å². The molecule has 0 saturated carbocycles. The van der Waals surface area contributed by atoms with E-state index in [4.69, 9.17) is 4.42 Å². The fraction of sp³-hybridized carbons (Fsp3) is 0.235. The highest BCUT2D eigenvalue weighted by atomic mass is 16.3. The third-order valence-corrected chi connectivity index (χ3v) is 3.28. The van der Waals surface area contributed by atoms with Gasteiger partial charge in [-0.2, -0.15) is 0 Å². The summed E-state index contributed by atoms with van der Waals surface area (Å²) in [5.74, 6) is -0.570. The van der Waals surface area contributed by atoms with Crippen LogP contribution in [0, 0.1) is 0 Å². The van der Waals surface area contributed by atoms with Crippen molar-refractivity contribution in [3.05, 3.63) is 54.0 Å². The highest BCUT2D eigenvalue weighted by Gasteiger charge is 2.12. The van der Waals surface area contributed by atoms with Crippen LogP contribution in [0.2, 0.25) is 0 Å². The molecule has 3 N–H and O–H groups in total. The average molecular weight is 329 g/mol. The van der Waals surface area contributed by atoms with Crippen LogP contribution in [-0.4, -0.2) is 31.3 Å². The van der Waals surface area contributed by atoms with Gasteiger partial charge in [0, 0.05) is 20.0 Å². The third-order valence-electron chi connectivity index (χ3n) is 3.28. The number of carbonyl (C=O) groups excluding carboxylic acids is 3. The van der Waals surface area contributed by atoms with E-state index in [9.17, 15) is 14.4 Å². The molecule has 0 unspecified atom stereocenters. The maximum Gasteiger partial charge on any atom is 0.286 e. The number of amides is 3. The zero-order valence-corrected chi connectivity index (χ0v) is 13.3. The van der Waals surface area contributed by atoms with E-state index < -0.39 is 0 Å². The molecule has 0 aliphatic carbocycles. The standard InChI is InChI=1S/C17H19N3O4/c1-18-16(22)12-6-2-3-7-13(12)20-15(21)9-4-10-19-17(23)14-8-5-11-24-14/h2-3,5-8,11H,4,9-10H2,1H3,(H,18,22)(H,19,23)(H,20,21). The van der Waals surface area contributed by atoms with Crippen LogP contribution in [0.3, 0.4) is 0 Å². The molecule has 1 heterocycles. The van der Waals surface area contributed by atoms with Crippen LogP contribution in [0.4, 0.5) is 5.69 Å². The molecule has 0 aliphatic rings. The zero-order chi connectivity index (χ0) is 17.4. The normalized spacial score (nSPS) is 10.0. The van der Waals surface area contributed by atoms with E-state index in [1.165, 1.54) is 13.3 Å². The lowest BCUT2D eigenvalue weighted by molar-refractivity contribution is -0.116. The molecule has 1 aromatic carbocycles. The summed E-state index contributed by atoms with van der Waals surface area (Å²) in [5.41, 5.74) is 0.862. The Balaban J connectivity index is 1.78. The van der Waals surface area contributed by atoms with Gasteiger partial charge < -0.3 is 20.4 Å². The average Bonchev–Trinajstić information content (AvgIpc) is 3.13. The largest absolute Gasteiger partial charge is 0.459 e. The number of para-hydroxylation sites is 1. The Bertz CT molecular complexity index is 710. The third kappa shape index (κ3) is 4.70. The minimum Gasteiger partial charge on any atom is -0.459 e. The van der Waals surface area contributed by atoms with Crippen LogP contribution in [0.15, 0.2) is 47.1 Å². The van der Waals surface area contributed by atoms with Crippen molar-refractivity contribution in [2.24, 2.45) is 0 Å². The first-order chi connectivity index (χ1) is 11.6. The van der Waals surface area contributed by atoms with Crippen molar-refractivity contribution in [2.75, 3.05) is 18.9 Å². The fourth-order valence-electron chi connectivity index (χ4n) is 2.08. The Morgan fingerprint density at radius 2 is 1.83 bits per heavy atom. The zero-order valence-electron chi connectivity index (χ0n) is 13.3. The lowest BCUT2D eigenvalue weighted by Gasteiger charge is -2.10. The predicted molar refractivity (Wildman–Crippen MR) is 88.7 cm³/mol. The van der Waals surface area contributed by atoms with Crippen LogP contribution < -0.4 is 16.0 Å². The Morgan fingerprint density at radius 3 is 2.54 bits per heavy atom. The number of anilines is 1. The first kappa shape index (κ1) is 17.3. The molecule has 7 nitrogen and oxygen atoms in total. The summed E-state index contributed by atoms with van der Waals surface area (Å²) in [4.78, 5) is 35.4. The van der Waals surface area contributed by atoms with Gasteiger partial charge in [0.25, 0.3) is 11.8 Å². The fourth-order valence-corrected chi connectivity index (χ4v) is 2.08. The van der Waals surface area contributed by atoms with Crippen molar-refractivity contribution in [3.8, 4) is 0 Å². The lowest BCUT2D eigenvalue weighted by Crippen LogP contribution is -2.25. The Kier molecular flexibility index (Phi) is 6.13. The molecule has 2 aromatic rings. The second kappa shape index (κ2) is 8.52. The molecule has 0 atom stereocenters. The van der Waals surface area contributed by atoms with Crippen molar-refractivity contribution in [3.63, 3.8) is 0 Å². The minimum absolute atomic E-state index is 0.223. The Hall–Kier alpha value is -3.09. The number of rotatable bonds is 7. The minimum atomic E-state index is -0.314. The van der Waals surface area contributed by atoms with Crippen molar-refractivity contribution in [1.82, 2.24) is 10.6 Å². The van der Waals surface area contributed by atoms with Crippen LogP contribution >= 0.6 is 0 Å². The molecule has 0 bridgehead atoms. The Labute approximate surface area is 139 Å². The highest BCUT2D eigenvalue weighted by molar-refractivity contribution is 6.03. The van der Waals surface area contributed by atoms with Gasteiger partial charge in [0.2, 0.25) is 5.91 Å². The summed E-state index contributed by atoms with van der Waals surface area (Å²) in [5, 5.41) is 7.90. The Morgan fingerprint density at radius 1 is 1.04 bits per heavy atom. The first-order valence-electron chi connectivity index (χ1n) is 7.54. The molecule has 0 spiro atoms. The summed E-state index contributed by atoms with van der Waals surface area (Å²) in [7, 11) is 1.53. The summed E-state index contributed by atoms with van der Waals surface area (Å²) >= 11 is 0. The summed E-state index contributed by atoms with van der Waals surface area (Å²) in [6.07, 6.45) is 2.12. The SMILES string of the molecule is CNC(=O)c1ccccc1NC(=O)CCCNC(=O)c1ccco1. The van der Waals surface area contributed by atoms with Crippen LogP contribution in [0.5, 0.6) is 0 Å². The molecular weight excluding hydrogens is 310 g/mol. The number of nitrogens with one attached hydrogen (secondary N) is 3. The molecule has 126 valence electrons.